The Morgan fingerprint density at radius 1 is 1.19 bits per heavy atom. The van der Waals surface area contributed by atoms with Crippen molar-refractivity contribution in [2.45, 2.75) is 57.3 Å². The van der Waals surface area contributed by atoms with Crippen molar-refractivity contribution < 1.29 is 9.90 Å². The van der Waals surface area contributed by atoms with Gasteiger partial charge in [0.2, 0.25) is 0 Å². The number of hydrogen-bond donors (Lipinski definition) is 1. The van der Waals surface area contributed by atoms with Crippen LogP contribution in [0, 0.1) is 17.8 Å². The number of carboxylic acid groups (broad SMARTS) is 1. The minimum absolute atomic E-state index is 0.260. The fourth-order valence-corrected chi connectivity index (χ4v) is 5.69. The molecular weight excluding hydrogens is 262 g/mol. The van der Waals surface area contributed by atoms with Crippen LogP contribution in [-0.2, 0) is 11.8 Å². The summed E-state index contributed by atoms with van der Waals surface area (Å²) >= 11 is 0. The summed E-state index contributed by atoms with van der Waals surface area (Å²) in [5.41, 5.74) is 2.58. The number of aryl methyl sites for hydroxylation is 1. The van der Waals surface area contributed by atoms with E-state index in [9.17, 15) is 9.90 Å². The molecule has 112 valence electrons. The normalized spacial score (nSPS) is 36.9. The summed E-state index contributed by atoms with van der Waals surface area (Å²) in [5.74, 6) is 1.82. The van der Waals surface area contributed by atoms with Gasteiger partial charge in [-0.25, -0.2) is 4.79 Å². The molecule has 3 nitrogen and oxygen atoms in total. The molecule has 1 aromatic rings. The van der Waals surface area contributed by atoms with Crippen molar-refractivity contribution in [1.82, 2.24) is 4.98 Å². The number of carbonyl (C=O) groups is 1. The highest BCUT2D eigenvalue weighted by Gasteiger charge is 2.52. The second-order valence-electron chi connectivity index (χ2n) is 7.55. The average Bonchev–Trinajstić information content (AvgIpc) is 2.45. The van der Waals surface area contributed by atoms with Crippen molar-refractivity contribution in [1.29, 1.82) is 0 Å². The zero-order valence-electron chi connectivity index (χ0n) is 12.6. The lowest BCUT2D eigenvalue weighted by atomic mass is 9.49. The van der Waals surface area contributed by atoms with Crippen LogP contribution in [0.3, 0.4) is 0 Å². The molecule has 0 amide bonds. The minimum Gasteiger partial charge on any atom is -0.478 e. The van der Waals surface area contributed by atoms with Crippen LogP contribution in [0.15, 0.2) is 12.1 Å². The molecule has 1 N–H and O–H groups in total. The molecule has 4 aliphatic rings. The Labute approximate surface area is 125 Å². The third-order valence-electron chi connectivity index (χ3n) is 6.12. The quantitative estimate of drug-likeness (QED) is 0.918. The van der Waals surface area contributed by atoms with Crippen LogP contribution >= 0.6 is 0 Å². The second-order valence-corrected chi connectivity index (χ2v) is 7.55. The van der Waals surface area contributed by atoms with Gasteiger partial charge in [-0.2, -0.15) is 0 Å². The van der Waals surface area contributed by atoms with E-state index >= 15 is 0 Å². The van der Waals surface area contributed by atoms with Gasteiger partial charge in [0.1, 0.15) is 0 Å². The van der Waals surface area contributed by atoms with Crippen molar-refractivity contribution in [3.63, 3.8) is 0 Å². The number of carboxylic acids is 1. The first-order valence-corrected chi connectivity index (χ1v) is 8.33. The van der Waals surface area contributed by atoms with E-state index in [-0.39, 0.29) is 5.41 Å². The van der Waals surface area contributed by atoms with E-state index in [0.717, 1.165) is 23.4 Å². The fourth-order valence-electron chi connectivity index (χ4n) is 5.69. The molecule has 4 saturated carbocycles. The zero-order chi connectivity index (χ0) is 14.6. The van der Waals surface area contributed by atoms with E-state index in [2.05, 4.69) is 0 Å². The number of aromatic nitrogens is 1. The van der Waals surface area contributed by atoms with Gasteiger partial charge in [0.15, 0.2) is 0 Å². The van der Waals surface area contributed by atoms with E-state index in [1.54, 1.807) is 6.07 Å². The van der Waals surface area contributed by atoms with Crippen molar-refractivity contribution >= 4 is 5.97 Å². The minimum atomic E-state index is -0.851. The SMILES string of the molecule is CCc1nc(C23CC4CC(CC(C4)C2)C3)ccc1C(=O)O. The lowest BCUT2D eigenvalue weighted by Crippen LogP contribution is -2.49. The predicted molar refractivity (Wildman–Crippen MR) is 80.4 cm³/mol. The third-order valence-corrected chi connectivity index (χ3v) is 6.12. The highest BCUT2D eigenvalue weighted by Crippen LogP contribution is 2.60. The summed E-state index contributed by atoms with van der Waals surface area (Å²) < 4.78 is 0. The van der Waals surface area contributed by atoms with Gasteiger partial charge < -0.3 is 5.11 Å². The molecule has 3 heteroatoms. The molecular formula is C18H23NO2. The Bertz CT molecular complexity index is 558. The van der Waals surface area contributed by atoms with E-state index in [1.165, 1.54) is 44.2 Å². The lowest BCUT2D eigenvalue weighted by Gasteiger charge is -2.56. The molecule has 4 fully saturated rings. The molecule has 0 spiro atoms. The first kappa shape index (κ1) is 13.3. The average molecular weight is 285 g/mol. The fraction of sp³-hybridized carbons (Fsp3) is 0.667. The summed E-state index contributed by atoms with van der Waals surface area (Å²) in [7, 11) is 0. The maximum atomic E-state index is 11.3. The summed E-state index contributed by atoms with van der Waals surface area (Å²) in [4.78, 5) is 16.1. The number of nitrogens with zero attached hydrogens (tertiary/aromatic N) is 1. The summed E-state index contributed by atoms with van der Waals surface area (Å²) in [5, 5.41) is 9.28. The highest BCUT2D eigenvalue weighted by atomic mass is 16.4. The number of pyridine rings is 1. The van der Waals surface area contributed by atoms with Crippen LogP contribution in [-0.4, -0.2) is 16.1 Å². The molecule has 0 aliphatic heterocycles. The summed E-state index contributed by atoms with van der Waals surface area (Å²) in [6.45, 7) is 2.00. The standard InChI is InChI=1S/C18H23NO2/c1-2-15-14(17(20)21)3-4-16(19-15)18-8-11-5-12(9-18)7-13(6-11)10-18/h3-4,11-13H,2,5-10H2,1H3,(H,20,21). The van der Waals surface area contributed by atoms with E-state index in [4.69, 9.17) is 4.98 Å². The Hall–Kier alpha value is -1.38. The number of aromatic carboxylic acids is 1. The molecule has 0 unspecified atom stereocenters. The molecule has 5 rings (SSSR count). The van der Waals surface area contributed by atoms with E-state index < -0.39 is 5.97 Å². The first-order chi connectivity index (χ1) is 10.1. The second kappa shape index (κ2) is 4.56. The van der Waals surface area contributed by atoms with Gasteiger partial charge >= 0.3 is 5.97 Å². The highest BCUT2D eigenvalue weighted by molar-refractivity contribution is 5.88. The van der Waals surface area contributed by atoms with Crippen molar-refractivity contribution in [2.75, 3.05) is 0 Å². The maximum absolute atomic E-state index is 11.3. The van der Waals surface area contributed by atoms with Gasteiger partial charge in [0, 0.05) is 11.1 Å². The molecule has 1 heterocycles. The Morgan fingerprint density at radius 2 is 1.76 bits per heavy atom. The maximum Gasteiger partial charge on any atom is 0.337 e. The van der Waals surface area contributed by atoms with Gasteiger partial charge in [-0.1, -0.05) is 6.92 Å². The van der Waals surface area contributed by atoms with Crippen LogP contribution in [0.2, 0.25) is 0 Å². The first-order valence-electron chi connectivity index (χ1n) is 8.33. The Morgan fingerprint density at radius 3 is 2.24 bits per heavy atom. The zero-order valence-corrected chi connectivity index (χ0v) is 12.6. The van der Waals surface area contributed by atoms with Crippen LogP contribution in [0.5, 0.6) is 0 Å². The smallest absolute Gasteiger partial charge is 0.337 e. The van der Waals surface area contributed by atoms with Crippen molar-refractivity contribution in [3.05, 3.63) is 29.1 Å². The van der Waals surface area contributed by atoms with Gasteiger partial charge in [-0.15, -0.1) is 0 Å². The Balaban J connectivity index is 1.75. The largest absolute Gasteiger partial charge is 0.478 e. The monoisotopic (exact) mass is 285 g/mol. The topological polar surface area (TPSA) is 50.2 Å². The number of rotatable bonds is 3. The molecule has 0 aromatic carbocycles. The van der Waals surface area contributed by atoms with Gasteiger partial charge in [0.05, 0.1) is 11.3 Å². The van der Waals surface area contributed by atoms with Crippen molar-refractivity contribution in [2.24, 2.45) is 17.8 Å². The van der Waals surface area contributed by atoms with Crippen LogP contribution in [0.1, 0.15) is 67.2 Å². The van der Waals surface area contributed by atoms with Crippen molar-refractivity contribution in [3.8, 4) is 0 Å². The molecule has 4 aliphatic carbocycles. The van der Waals surface area contributed by atoms with E-state index in [1.807, 2.05) is 13.0 Å². The predicted octanol–water partition coefficient (Wildman–Crippen LogP) is 3.81. The summed E-state index contributed by atoms with van der Waals surface area (Å²) in [6.07, 6.45) is 8.81. The lowest BCUT2D eigenvalue weighted by molar-refractivity contribution is -0.00730. The Kier molecular flexibility index (Phi) is 2.88. The van der Waals surface area contributed by atoms with Crippen LogP contribution < -0.4 is 0 Å². The van der Waals surface area contributed by atoms with Crippen LogP contribution in [0.25, 0.3) is 0 Å². The molecule has 0 saturated heterocycles. The van der Waals surface area contributed by atoms with Gasteiger partial charge in [-0.05, 0) is 74.8 Å². The molecule has 4 bridgehead atoms. The number of hydrogen-bond acceptors (Lipinski definition) is 2. The summed E-state index contributed by atoms with van der Waals surface area (Å²) in [6, 6.07) is 3.80. The van der Waals surface area contributed by atoms with Gasteiger partial charge in [0.25, 0.3) is 0 Å². The van der Waals surface area contributed by atoms with Crippen LogP contribution in [0.4, 0.5) is 0 Å². The molecule has 1 aromatic heterocycles. The molecule has 0 atom stereocenters. The molecule has 0 radical (unpaired) electrons. The third kappa shape index (κ3) is 2.01. The molecule has 21 heavy (non-hydrogen) atoms. The van der Waals surface area contributed by atoms with Gasteiger partial charge in [-0.3, -0.25) is 4.98 Å². The van der Waals surface area contributed by atoms with E-state index in [0.29, 0.717) is 12.0 Å².